The second-order valence-corrected chi connectivity index (χ2v) is 6.42. The molecular formula is C20H19N3O3+2. The molecule has 1 aromatic carbocycles. The fraction of sp³-hybridized carbons (Fsp3) is 0.200. The molecule has 1 unspecified atom stereocenters. The van der Waals surface area contributed by atoms with E-state index in [-0.39, 0.29) is 6.04 Å². The molecule has 0 saturated carbocycles. The van der Waals surface area contributed by atoms with Gasteiger partial charge >= 0.3 is 11.9 Å². The number of methoxy groups -OCH3 is 1. The van der Waals surface area contributed by atoms with Gasteiger partial charge in [0.1, 0.15) is 20.3 Å². The average molecular weight is 349 g/mol. The zero-order chi connectivity index (χ0) is 18.4. The Kier molecular flexibility index (Phi) is 3.68. The van der Waals surface area contributed by atoms with Crippen molar-refractivity contribution in [2.24, 2.45) is 0 Å². The summed E-state index contributed by atoms with van der Waals surface area (Å²) >= 11 is 0. The molecule has 1 atom stereocenters. The lowest BCUT2D eigenvalue weighted by Gasteiger charge is -2.21. The summed E-state index contributed by atoms with van der Waals surface area (Å²) in [7, 11) is 5.20. The third-order valence-corrected chi connectivity index (χ3v) is 4.70. The molecule has 6 nitrogen and oxygen atoms in total. The van der Waals surface area contributed by atoms with Gasteiger partial charge in [0.15, 0.2) is 11.4 Å². The van der Waals surface area contributed by atoms with E-state index >= 15 is 0 Å². The predicted octanol–water partition coefficient (Wildman–Crippen LogP) is 1.15. The van der Waals surface area contributed by atoms with Gasteiger partial charge in [0.05, 0.1) is 7.11 Å². The van der Waals surface area contributed by atoms with Crippen molar-refractivity contribution in [1.82, 2.24) is 0 Å². The fourth-order valence-electron chi connectivity index (χ4n) is 3.66. The maximum atomic E-state index is 12.6. The lowest BCUT2D eigenvalue weighted by molar-refractivity contribution is -0.626. The van der Waals surface area contributed by atoms with E-state index in [1.165, 1.54) is 7.11 Å². The van der Waals surface area contributed by atoms with Gasteiger partial charge in [-0.05, 0) is 30.3 Å². The van der Waals surface area contributed by atoms with Crippen LogP contribution >= 0.6 is 0 Å². The van der Waals surface area contributed by atoms with Crippen molar-refractivity contribution in [3.05, 3.63) is 66.0 Å². The Morgan fingerprint density at radius 2 is 1.85 bits per heavy atom. The third-order valence-electron chi connectivity index (χ3n) is 4.70. The lowest BCUT2D eigenvalue weighted by atomic mass is 9.92. The van der Waals surface area contributed by atoms with E-state index in [1.807, 2.05) is 73.4 Å². The summed E-state index contributed by atoms with van der Waals surface area (Å²) in [4.78, 5) is 26.7. The Hall–Kier alpha value is -3.28. The van der Waals surface area contributed by atoms with Crippen LogP contribution in [0.15, 0.2) is 54.7 Å². The molecule has 2 aliphatic heterocycles. The van der Waals surface area contributed by atoms with E-state index in [2.05, 4.69) is 14.2 Å². The molecule has 130 valence electrons. The number of Topliss-reactive ketones (excluding diaryl/α,β-unsaturated/α-hetero) is 1. The third kappa shape index (κ3) is 2.19. The number of aromatic nitrogens is 1. The van der Waals surface area contributed by atoms with Gasteiger partial charge in [-0.25, -0.2) is 4.79 Å². The van der Waals surface area contributed by atoms with E-state index in [0.29, 0.717) is 5.57 Å². The molecule has 0 radical (unpaired) electrons. The Morgan fingerprint density at radius 3 is 2.58 bits per heavy atom. The Balaban J connectivity index is 2.00. The number of anilines is 1. The first-order valence-corrected chi connectivity index (χ1v) is 8.33. The smallest absolute Gasteiger partial charge is 0.463 e. The maximum Gasteiger partial charge on any atom is 0.533 e. The Bertz CT molecular complexity index is 1000. The second-order valence-electron chi connectivity index (χ2n) is 6.42. The van der Waals surface area contributed by atoms with E-state index in [9.17, 15) is 9.59 Å². The monoisotopic (exact) mass is 349 g/mol. The number of esters is 1. The molecule has 26 heavy (non-hydrogen) atoms. The minimum absolute atomic E-state index is 0.174. The molecule has 6 heteroatoms. The van der Waals surface area contributed by atoms with Crippen LogP contribution in [0.3, 0.4) is 0 Å². The van der Waals surface area contributed by atoms with Crippen molar-refractivity contribution < 1.29 is 23.5 Å². The molecule has 0 saturated heterocycles. The van der Waals surface area contributed by atoms with Gasteiger partial charge in [0, 0.05) is 11.1 Å². The second kappa shape index (κ2) is 5.91. The standard InChI is InChI=1S/C20H19N3O3/c1-21(2)20-22-11-7-6-10-16(22)17-12-14(18(24)19(25)26-3)13-8-4-5-9-15(13)23(17)20/h4-12,17H,1-3H3/q+2. The molecule has 0 aliphatic carbocycles. The molecule has 0 spiro atoms. The normalized spacial score (nSPS) is 17.0. The number of fused-ring (bicyclic) bond motifs is 5. The summed E-state index contributed by atoms with van der Waals surface area (Å²) in [6.45, 7) is 0. The van der Waals surface area contributed by atoms with Gasteiger partial charge < -0.3 is 4.74 Å². The van der Waals surface area contributed by atoms with Crippen molar-refractivity contribution in [1.29, 1.82) is 0 Å². The molecule has 2 aromatic rings. The summed E-state index contributed by atoms with van der Waals surface area (Å²) in [6, 6.07) is 13.4. The van der Waals surface area contributed by atoms with Gasteiger partial charge in [-0.15, -0.1) is 9.47 Å². The molecule has 0 amide bonds. The Labute approximate surface area is 151 Å². The first kappa shape index (κ1) is 16.2. The van der Waals surface area contributed by atoms with Crippen LogP contribution in [0.25, 0.3) is 5.57 Å². The van der Waals surface area contributed by atoms with Gasteiger partial charge in [-0.3, -0.25) is 4.79 Å². The molecular weight excluding hydrogens is 330 g/mol. The minimum atomic E-state index is -0.852. The van der Waals surface area contributed by atoms with Gasteiger partial charge in [-0.1, -0.05) is 18.2 Å². The summed E-state index contributed by atoms with van der Waals surface area (Å²) in [5.74, 6) is -0.491. The average Bonchev–Trinajstić information content (AvgIpc) is 3.01. The van der Waals surface area contributed by atoms with Crippen molar-refractivity contribution in [2.45, 2.75) is 6.04 Å². The fourth-order valence-corrected chi connectivity index (χ4v) is 3.66. The molecule has 0 bridgehead atoms. The molecule has 4 rings (SSSR count). The molecule has 1 aromatic heterocycles. The number of benzene rings is 1. The molecule has 3 heterocycles. The zero-order valence-electron chi connectivity index (χ0n) is 14.8. The van der Waals surface area contributed by atoms with Crippen LogP contribution in [0, 0.1) is 0 Å². The van der Waals surface area contributed by atoms with E-state index in [1.54, 1.807) is 0 Å². The van der Waals surface area contributed by atoms with Crippen molar-refractivity contribution in [3.8, 4) is 0 Å². The summed E-state index contributed by atoms with van der Waals surface area (Å²) in [6.07, 6.45) is 3.85. The predicted molar refractivity (Wildman–Crippen MR) is 95.8 cm³/mol. The summed E-state index contributed by atoms with van der Waals surface area (Å²) in [5.41, 5.74) is 3.02. The first-order chi connectivity index (χ1) is 12.5. The van der Waals surface area contributed by atoms with Crippen LogP contribution in [0.1, 0.15) is 17.3 Å². The van der Waals surface area contributed by atoms with Crippen LogP contribution in [0.2, 0.25) is 0 Å². The topological polar surface area (TPSA) is 53.5 Å². The van der Waals surface area contributed by atoms with Crippen LogP contribution < -0.4 is 9.47 Å². The summed E-state index contributed by atoms with van der Waals surface area (Å²) < 4.78 is 8.80. The minimum Gasteiger partial charge on any atom is -0.463 e. The number of ether oxygens (including phenoxy) is 1. The van der Waals surface area contributed by atoms with Crippen molar-refractivity contribution in [2.75, 3.05) is 26.1 Å². The number of carbonyl (C=O) groups is 2. The number of rotatable bonds is 2. The van der Waals surface area contributed by atoms with Crippen LogP contribution in [0.5, 0.6) is 0 Å². The number of pyridine rings is 1. The number of para-hydroxylation sites is 1. The van der Waals surface area contributed by atoms with Crippen molar-refractivity contribution >= 4 is 29.0 Å². The lowest BCUT2D eigenvalue weighted by Crippen LogP contribution is -2.51. The van der Waals surface area contributed by atoms with Crippen LogP contribution in [-0.2, 0) is 14.3 Å². The Morgan fingerprint density at radius 1 is 1.12 bits per heavy atom. The number of hydrogen-bond donors (Lipinski definition) is 0. The van der Waals surface area contributed by atoms with Crippen LogP contribution in [-0.4, -0.2) is 43.5 Å². The highest BCUT2D eigenvalue weighted by atomic mass is 16.5. The number of nitrogens with zero attached hydrogens (tertiary/aromatic N) is 3. The SMILES string of the molecule is COC(=O)C(=O)C1=CC2c3cccc[n+]3C(=[N+](C)C)N2c2ccccc21. The number of hydrogen-bond acceptors (Lipinski definition) is 3. The quantitative estimate of drug-likeness (QED) is 0.464. The highest BCUT2D eigenvalue weighted by Gasteiger charge is 2.54. The zero-order valence-corrected chi connectivity index (χ0v) is 14.8. The molecule has 0 fully saturated rings. The first-order valence-electron chi connectivity index (χ1n) is 8.33. The number of ketones is 1. The molecule has 2 aliphatic rings. The maximum absolute atomic E-state index is 12.6. The van der Waals surface area contributed by atoms with Gasteiger partial charge in [0.2, 0.25) is 6.04 Å². The van der Waals surface area contributed by atoms with Crippen molar-refractivity contribution in [3.63, 3.8) is 0 Å². The van der Waals surface area contributed by atoms with E-state index in [4.69, 9.17) is 0 Å². The number of carbonyl (C=O) groups excluding carboxylic acids is 2. The van der Waals surface area contributed by atoms with E-state index in [0.717, 1.165) is 22.9 Å². The highest BCUT2D eigenvalue weighted by Crippen LogP contribution is 2.42. The molecule has 0 N–H and O–H groups in total. The van der Waals surface area contributed by atoms with Gasteiger partial charge in [-0.2, -0.15) is 4.58 Å². The van der Waals surface area contributed by atoms with E-state index < -0.39 is 11.8 Å². The van der Waals surface area contributed by atoms with Crippen LogP contribution in [0.4, 0.5) is 5.69 Å². The largest absolute Gasteiger partial charge is 0.533 e. The van der Waals surface area contributed by atoms with Gasteiger partial charge in [0.25, 0.3) is 5.78 Å². The summed E-state index contributed by atoms with van der Waals surface area (Å²) in [5, 5.41) is 0. The highest BCUT2D eigenvalue weighted by molar-refractivity contribution is 6.52.